The summed E-state index contributed by atoms with van der Waals surface area (Å²) in [5.41, 5.74) is 2.65. The fourth-order valence-corrected chi connectivity index (χ4v) is 3.53. The van der Waals surface area contributed by atoms with E-state index in [1.54, 1.807) is 16.8 Å². The Morgan fingerprint density at radius 3 is 2.40 bits per heavy atom. The van der Waals surface area contributed by atoms with Crippen LogP contribution in [0.4, 0.5) is 5.69 Å². The van der Waals surface area contributed by atoms with Crippen LogP contribution < -0.4 is 0 Å². The van der Waals surface area contributed by atoms with E-state index in [4.69, 9.17) is 0 Å². The van der Waals surface area contributed by atoms with Gasteiger partial charge in [-0.3, -0.25) is 10.1 Å². The van der Waals surface area contributed by atoms with Gasteiger partial charge in [-0.15, -0.1) is 10.2 Å². The van der Waals surface area contributed by atoms with Crippen LogP contribution in [0.2, 0.25) is 0 Å². The average molecular weight is 416 g/mol. The molecule has 0 saturated carbocycles. The summed E-state index contributed by atoms with van der Waals surface area (Å²) in [6.45, 7) is 0. The first-order valence-electron chi connectivity index (χ1n) is 7.28. The van der Waals surface area contributed by atoms with Gasteiger partial charge in [-0.05, 0) is 29.8 Å². The Morgan fingerprint density at radius 2 is 1.72 bits per heavy atom. The number of non-ortho nitro benzene ring substituents is 1. The summed E-state index contributed by atoms with van der Waals surface area (Å²) in [7, 11) is 0. The van der Waals surface area contributed by atoms with Crippen LogP contribution >= 0.6 is 27.7 Å². The largest absolute Gasteiger partial charge is 0.269 e. The molecule has 2 heterocycles. The van der Waals surface area contributed by atoms with Gasteiger partial charge in [-0.2, -0.15) is 9.78 Å². The molecule has 4 rings (SSSR count). The minimum absolute atomic E-state index is 0.0633. The van der Waals surface area contributed by atoms with E-state index in [2.05, 4.69) is 31.2 Å². The molecule has 1 aromatic heterocycles. The van der Waals surface area contributed by atoms with Crippen molar-refractivity contribution in [3.8, 4) is 11.4 Å². The Labute approximate surface area is 155 Å². The van der Waals surface area contributed by atoms with Gasteiger partial charge >= 0.3 is 0 Å². The lowest BCUT2D eigenvalue weighted by molar-refractivity contribution is -0.384. The summed E-state index contributed by atoms with van der Waals surface area (Å²) in [5, 5.41) is 24.6. The highest BCUT2D eigenvalue weighted by molar-refractivity contribution is 9.10. The third kappa shape index (κ3) is 3.08. The van der Waals surface area contributed by atoms with Crippen molar-refractivity contribution in [1.29, 1.82) is 0 Å². The molecule has 0 spiro atoms. The van der Waals surface area contributed by atoms with E-state index in [9.17, 15) is 10.1 Å². The van der Waals surface area contributed by atoms with Gasteiger partial charge in [0.1, 0.15) is 0 Å². The second-order valence-electron chi connectivity index (χ2n) is 5.26. The van der Waals surface area contributed by atoms with E-state index in [1.807, 2.05) is 24.3 Å². The topological polar surface area (TPSA) is 86.2 Å². The predicted molar refractivity (Wildman–Crippen MR) is 98.9 cm³/mol. The Bertz CT molecular complexity index is 983. The van der Waals surface area contributed by atoms with E-state index in [1.165, 1.54) is 23.9 Å². The molecule has 0 radical (unpaired) electrons. The van der Waals surface area contributed by atoms with Gasteiger partial charge in [0.2, 0.25) is 5.16 Å². The molecule has 9 heteroatoms. The zero-order valence-corrected chi connectivity index (χ0v) is 15.1. The van der Waals surface area contributed by atoms with Gasteiger partial charge in [0.25, 0.3) is 5.69 Å². The molecule has 0 amide bonds. The maximum absolute atomic E-state index is 10.8. The fourth-order valence-electron chi connectivity index (χ4n) is 2.42. The van der Waals surface area contributed by atoms with Crippen molar-refractivity contribution in [2.75, 3.05) is 5.75 Å². The lowest BCUT2D eigenvalue weighted by Crippen LogP contribution is -2.13. The number of nitro groups is 1. The van der Waals surface area contributed by atoms with Crippen molar-refractivity contribution in [3.63, 3.8) is 0 Å². The molecule has 7 nitrogen and oxygen atoms in total. The van der Waals surface area contributed by atoms with Crippen molar-refractivity contribution in [1.82, 2.24) is 14.9 Å². The van der Waals surface area contributed by atoms with E-state index in [0.717, 1.165) is 26.5 Å². The van der Waals surface area contributed by atoms with Gasteiger partial charge in [0, 0.05) is 27.9 Å². The van der Waals surface area contributed by atoms with Gasteiger partial charge in [0.15, 0.2) is 5.82 Å². The quantitative estimate of drug-likeness (QED) is 0.476. The van der Waals surface area contributed by atoms with Crippen LogP contribution in [0.3, 0.4) is 0 Å². The highest BCUT2D eigenvalue weighted by atomic mass is 79.9. The number of nitro benzene ring substituents is 1. The Morgan fingerprint density at radius 1 is 1.04 bits per heavy atom. The average Bonchev–Trinajstić information content (AvgIpc) is 3.05. The van der Waals surface area contributed by atoms with Crippen LogP contribution in [0.5, 0.6) is 0 Å². The van der Waals surface area contributed by atoms with Crippen molar-refractivity contribution in [3.05, 3.63) is 68.7 Å². The molecule has 0 aliphatic carbocycles. The number of hydrogen-bond acceptors (Lipinski definition) is 6. The van der Waals surface area contributed by atoms with E-state index in [0.29, 0.717) is 11.6 Å². The minimum Gasteiger partial charge on any atom is -0.258 e. The van der Waals surface area contributed by atoms with Crippen LogP contribution in [0.1, 0.15) is 5.56 Å². The highest BCUT2D eigenvalue weighted by Crippen LogP contribution is 2.29. The Balaban J connectivity index is 1.73. The van der Waals surface area contributed by atoms with Crippen LogP contribution in [0.25, 0.3) is 11.4 Å². The maximum atomic E-state index is 10.8. The van der Waals surface area contributed by atoms with E-state index >= 15 is 0 Å². The number of aromatic nitrogens is 3. The molecule has 1 aliphatic heterocycles. The molecule has 0 N–H and O–H groups in total. The summed E-state index contributed by atoms with van der Waals surface area (Å²) in [5.74, 6) is 1.30. The first-order valence-corrected chi connectivity index (χ1v) is 9.06. The first-order chi connectivity index (χ1) is 12.1. The molecular formula is C16H10BrN5O2S. The number of thioether (sulfide) groups is 1. The molecule has 0 fully saturated rings. The number of nitrogens with zero attached hydrogens (tertiary/aromatic N) is 5. The normalized spacial score (nSPS) is 13.2. The number of fused-ring (bicyclic) bond motifs is 1. The number of rotatable bonds is 3. The second-order valence-corrected chi connectivity index (χ2v) is 7.12. The third-order valence-electron chi connectivity index (χ3n) is 3.68. The zero-order chi connectivity index (χ0) is 17.4. The molecule has 25 heavy (non-hydrogen) atoms. The highest BCUT2D eigenvalue weighted by Gasteiger charge is 2.21. The molecule has 3 aromatic rings. The summed E-state index contributed by atoms with van der Waals surface area (Å²) >= 11 is 4.95. The minimum atomic E-state index is -0.412. The van der Waals surface area contributed by atoms with Gasteiger partial charge in [-0.25, -0.2) is 0 Å². The monoisotopic (exact) mass is 415 g/mol. The van der Waals surface area contributed by atoms with Crippen molar-refractivity contribution in [2.24, 2.45) is 5.10 Å². The van der Waals surface area contributed by atoms with E-state index in [-0.39, 0.29) is 5.69 Å². The predicted octanol–water partition coefficient (Wildman–Crippen LogP) is 3.97. The molecule has 0 atom stereocenters. The van der Waals surface area contributed by atoms with Crippen molar-refractivity contribution in [2.45, 2.75) is 5.16 Å². The standard InChI is InChI=1S/C16H10BrN5O2S/c17-12-5-1-11(2-6-12)15-18-19-16-21(15)20-14(9-25-16)10-3-7-13(8-4-10)22(23)24/h1-8H,9H2. The molecule has 0 bridgehead atoms. The van der Waals surface area contributed by atoms with Crippen molar-refractivity contribution < 1.29 is 4.92 Å². The van der Waals surface area contributed by atoms with Crippen LogP contribution in [-0.2, 0) is 0 Å². The summed E-state index contributed by atoms with van der Waals surface area (Å²) in [4.78, 5) is 10.4. The zero-order valence-electron chi connectivity index (χ0n) is 12.7. The number of benzene rings is 2. The summed E-state index contributed by atoms with van der Waals surface area (Å²) in [6.07, 6.45) is 0. The number of halogens is 1. The third-order valence-corrected chi connectivity index (χ3v) is 5.14. The molecule has 124 valence electrons. The lowest BCUT2D eigenvalue weighted by atomic mass is 10.1. The smallest absolute Gasteiger partial charge is 0.258 e. The molecule has 0 saturated heterocycles. The second kappa shape index (κ2) is 6.41. The number of hydrogen-bond donors (Lipinski definition) is 0. The van der Waals surface area contributed by atoms with E-state index < -0.39 is 4.92 Å². The molecule has 1 aliphatic rings. The fraction of sp³-hybridized carbons (Fsp3) is 0.0625. The SMILES string of the molecule is O=[N+]([O-])c1ccc(C2=Nn3c(nnc3-c3ccc(Br)cc3)SC2)cc1. The van der Waals surface area contributed by atoms with Crippen LogP contribution in [0, 0.1) is 10.1 Å². The molecule has 0 unspecified atom stereocenters. The molecular weight excluding hydrogens is 406 g/mol. The first kappa shape index (κ1) is 16.0. The van der Waals surface area contributed by atoms with Gasteiger partial charge in [-0.1, -0.05) is 39.8 Å². The van der Waals surface area contributed by atoms with Gasteiger partial charge in [0.05, 0.1) is 10.6 Å². The summed E-state index contributed by atoms with van der Waals surface area (Å²) < 4.78 is 2.70. The Kier molecular flexibility index (Phi) is 4.10. The van der Waals surface area contributed by atoms with Crippen LogP contribution in [-0.4, -0.2) is 31.3 Å². The van der Waals surface area contributed by atoms with Crippen LogP contribution in [0.15, 0.2) is 63.3 Å². The molecule has 2 aromatic carbocycles. The lowest BCUT2D eigenvalue weighted by Gasteiger charge is -2.13. The summed E-state index contributed by atoms with van der Waals surface area (Å²) in [6, 6.07) is 14.2. The Hall–Kier alpha value is -2.52. The van der Waals surface area contributed by atoms with Crippen molar-refractivity contribution >= 4 is 39.1 Å². The maximum Gasteiger partial charge on any atom is 0.269 e. The van der Waals surface area contributed by atoms with Gasteiger partial charge < -0.3 is 0 Å².